The van der Waals surface area contributed by atoms with E-state index in [1.54, 1.807) is 0 Å². The van der Waals surface area contributed by atoms with Crippen LogP contribution in [-0.2, 0) is 6.54 Å². The first-order chi connectivity index (χ1) is 6.92. The molecule has 0 atom stereocenters. The molecule has 2 rings (SSSR count). The third-order valence-corrected chi connectivity index (χ3v) is 2.24. The molecule has 0 N–H and O–H groups in total. The van der Waals surface area contributed by atoms with E-state index in [1.165, 1.54) is 5.82 Å². The molecule has 0 aromatic carbocycles. The lowest BCUT2D eigenvalue weighted by Gasteiger charge is -1.94. The number of rotatable bonds is 2. The molecule has 0 spiro atoms. The van der Waals surface area contributed by atoms with Gasteiger partial charge in [0, 0.05) is 18.2 Å². The van der Waals surface area contributed by atoms with Crippen LogP contribution < -0.4 is 57.1 Å². The summed E-state index contributed by atoms with van der Waals surface area (Å²) in [5.74, 6) is 1.19. The van der Waals surface area contributed by atoms with Crippen LogP contribution in [0.3, 0.4) is 0 Å². The number of halogens is 2. The molecule has 16 heavy (non-hydrogen) atoms. The van der Waals surface area contributed by atoms with E-state index < -0.39 is 0 Å². The topological polar surface area (TPSA) is 7.76 Å². The maximum absolute atomic E-state index is 2.21. The Morgan fingerprint density at radius 3 is 2.12 bits per heavy atom. The standard InChI is InChI=1S/C12H14N2.2HI/c1-2-13-9-7-4-8-12(13)14-10-5-3-6-11-14;;/h3-11H,2H2,1H3;2*1H/q+2;;/p-2. The summed E-state index contributed by atoms with van der Waals surface area (Å²) in [7, 11) is 0. The molecule has 0 fully saturated rings. The molecule has 0 bridgehead atoms. The second-order valence-corrected chi connectivity index (χ2v) is 3.13. The van der Waals surface area contributed by atoms with Gasteiger partial charge in [0.2, 0.25) is 0 Å². The van der Waals surface area contributed by atoms with Gasteiger partial charge in [0.05, 0.1) is 6.07 Å². The molecule has 0 amide bonds. The number of aromatic nitrogens is 2. The lowest BCUT2D eigenvalue weighted by atomic mass is 10.4. The molecule has 0 aliphatic rings. The van der Waals surface area contributed by atoms with Crippen LogP contribution in [0.5, 0.6) is 0 Å². The predicted octanol–water partition coefficient (Wildman–Crippen LogP) is -4.72. The van der Waals surface area contributed by atoms with Crippen molar-refractivity contribution in [3.63, 3.8) is 0 Å². The maximum atomic E-state index is 2.21. The van der Waals surface area contributed by atoms with Crippen LogP contribution in [0, 0.1) is 0 Å². The molecule has 2 nitrogen and oxygen atoms in total. The average molecular weight is 440 g/mol. The minimum absolute atomic E-state index is 0. The fourth-order valence-electron chi connectivity index (χ4n) is 1.52. The van der Waals surface area contributed by atoms with E-state index in [-0.39, 0.29) is 48.0 Å². The van der Waals surface area contributed by atoms with Crippen molar-refractivity contribution in [2.45, 2.75) is 13.5 Å². The second kappa shape index (κ2) is 7.94. The van der Waals surface area contributed by atoms with Gasteiger partial charge in [0.25, 0.3) is 0 Å². The zero-order valence-electron chi connectivity index (χ0n) is 9.05. The quantitative estimate of drug-likeness (QED) is 0.328. The summed E-state index contributed by atoms with van der Waals surface area (Å²) in [6.45, 7) is 3.13. The molecule has 0 aliphatic heterocycles. The first-order valence-electron chi connectivity index (χ1n) is 4.87. The summed E-state index contributed by atoms with van der Waals surface area (Å²) in [5.41, 5.74) is 0. The van der Waals surface area contributed by atoms with Crippen LogP contribution in [0.4, 0.5) is 0 Å². The predicted molar refractivity (Wildman–Crippen MR) is 53.8 cm³/mol. The van der Waals surface area contributed by atoms with E-state index >= 15 is 0 Å². The van der Waals surface area contributed by atoms with E-state index in [0.29, 0.717) is 0 Å². The van der Waals surface area contributed by atoms with Gasteiger partial charge in [-0.2, -0.15) is 0 Å². The summed E-state index contributed by atoms with van der Waals surface area (Å²) >= 11 is 0. The zero-order valence-corrected chi connectivity index (χ0v) is 13.4. The normalized spacial score (nSPS) is 8.81. The maximum Gasteiger partial charge on any atom is 0.449 e. The molecule has 0 unspecified atom stereocenters. The molecule has 2 aromatic heterocycles. The van der Waals surface area contributed by atoms with Crippen molar-refractivity contribution in [2.75, 3.05) is 0 Å². The van der Waals surface area contributed by atoms with Crippen molar-refractivity contribution >= 4 is 0 Å². The van der Waals surface area contributed by atoms with E-state index in [9.17, 15) is 0 Å². The van der Waals surface area contributed by atoms with E-state index in [4.69, 9.17) is 0 Å². The summed E-state index contributed by atoms with van der Waals surface area (Å²) in [5, 5.41) is 0. The van der Waals surface area contributed by atoms with Crippen LogP contribution >= 0.6 is 0 Å². The second-order valence-electron chi connectivity index (χ2n) is 3.13. The highest BCUT2D eigenvalue weighted by Crippen LogP contribution is 1.90. The van der Waals surface area contributed by atoms with Gasteiger partial charge < -0.3 is 48.0 Å². The third-order valence-electron chi connectivity index (χ3n) is 2.24. The molecule has 0 saturated heterocycles. The highest BCUT2D eigenvalue weighted by molar-refractivity contribution is 5.03. The van der Waals surface area contributed by atoms with Gasteiger partial charge >= 0.3 is 5.82 Å². The molecule has 0 saturated carbocycles. The lowest BCUT2D eigenvalue weighted by Crippen LogP contribution is -3.00. The van der Waals surface area contributed by atoms with Crippen LogP contribution in [0.1, 0.15) is 6.92 Å². The van der Waals surface area contributed by atoms with Crippen molar-refractivity contribution in [2.24, 2.45) is 0 Å². The van der Waals surface area contributed by atoms with Gasteiger partial charge in [0.15, 0.2) is 25.1 Å². The van der Waals surface area contributed by atoms with Gasteiger partial charge in [-0.1, -0.05) is 6.07 Å². The van der Waals surface area contributed by atoms with E-state index in [1.807, 2.05) is 18.2 Å². The Balaban J connectivity index is 0.00000112. The molecule has 0 radical (unpaired) electrons. The third kappa shape index (κ3) is 3.65. The summed E-state index contributed by atoms with van der Waals surface area (Å²) in [6.07, 6.45) is 6.21. The number of nitrogens with zero attached hydrogens (tertiary/aromatic N) is 2. The molecular formula is C12H14I2N2. The smallest absolute Gasteiger partial charge is 0.449 e. The first kappa shape index (κ1) is 15.8. The minimum atomic E-state index is 0. The molecule has 0 aliphatic carbocycles. The number of hydrogen-bond acceptors (Lipinski definition) is 0. The number of pyridine rings is 2. The number of hydrogen-bond donors (Lipinski definition) is 0. The monoisotopic (exact) mass is 440 g/mol. The van der Waals surface area contributed by atoms with Crippen molar-refractivity contribution in [3.8, 4) is 5.82 Å². The van der Waals surface area contributed by atoms with Gasteiger partial charge in [-0.15, -0.1) is 9.13 Å². The first-order valence-corrected chi connectivity index (χ1v) is 4.87. The van der Waals surface area contributed by atoms with Gasteiger partial charge in [-0.3, -0.25) is 0 Å². The Kier molecular flexibility index (Phi) is 7.82. The highest BCUT2D eigenvalue weighted by atomic mass is 127. The zero-order chi connectivity index (χ0) is 9.80. The Morgan fingerprint density at radius 1 is 0.875 bits per heavy atom. The summed E-state index contributed by atoms with van der Waals surface area (Å²) in [6, 6.07) is 12.3. The minimum Gasteiger partial charge on any atom is -1.00 e. The van der Waals surface area contributed by atoms with Crippen LogP contribution in [0.15, 0.2) is 55.0 Å². The SMILES string of the molecule is CC[n+]1ccccc1-[n+]1ccccc1.[I-].[I-]. The summed E-state index contributed by atoms with van der Waals surface area (Å²) < 4.78 is 4.32. The molecule has 4 heteroatoms. The Labute approximate surface area is 130 Å². The molecule has 2 aromatic rings. The fourth-order valence-corrected chi connectivity index (χ4v) is 1.52. The van der Waals surface area contributed by atoms with Crippen LogP contribution in [0.2, 0.25) is 0 Å². The fraction of sp³-hybridized carbons (Fsp3) is 0.167. The van der Waals surface area contributed by atoms with Crippen LogP contribution in [-0.4, -0.2) is 0 Å². The van der Waals surface area contributed by atoms with Gasteiger partial charge in [0.1, 0.15) is 0 Å². The number of aryl methyl sites for hydroxylation is 1. The van der Waals surface area contributed by atoms with Crippen LogP contribution in [0.25, 0.3) is 5.82 Å². The van der Waals surface area contributed by atoms with Crippen molar-refractivity contribution in [1.29, 1.82) is 0 Å². The van der Waals surface area contributed by atoms with Crippen molar-refractivity contribution in [1.82, 2.24) is 0 Å². The summed E-state index contributed by atoms with van der Waals surface area (Å²) in [4.78, 5) is 0. The lowest BCUT2D eigenvalue weighted by molar-refractivity contribution is -0.790. The van der Waals surface area contributed by atoms with Crippen molar-refractivity contribution in [3.05, 3.63) is 55.0 Å². The Morgan fingerprint density at radius 2 is 1.50 bits per heavy atom. The van der Waals surface area contributed by atoms with E-state index in [2.05, 4.69) is 52.8 Å². The molecular weight excluding hydrogens is 426 g/mol. The Hall–Kier alpha value is -0.240. The van der Waals surface area contributed by atoms with E-state index in [0.717, 1.165) is 6.54 Å². The largest absolute Gasteiger partial charge is 1.00 e. The van der Waals surface area contributed by atoms with Gasteiger partial charge in [-0.05, 0) is 13.0 Å². The molecule has 2 heterocycles. The van der Waals surface area contributed by atoms with Gasteiger partial charge in [-0.25, -0.2) is 0 Å². The highest BCUT2D eigenvalue weighted by Gasteiger charge is 2.16. The average Bonchev–Trinajstić information content (AvgIpc) is 2.30. The molecule has 86 valence electrons. The Bertz CT molecular complexity index is 418. The van der Waals surface area contributed by atoms with Crippen molar-refractivity contribution < 1.29 is 57.1 Å².